The van der Waals surface area contributed by atoms with E-state index in [0.29, 0.717) is 12.2 Å². The quantitative estimate of drug-likeness (QED) is 0.397. The van der Waals surface area contributed by atoms with E-state index in [1.54, 1.807) is 32.9 Å². The van der Waals surface area contributed by atoms with E-state index in [-0.39, 0.29) is 24.1 Å². The van der Waals surface area contributed by atoms with Gasteiger partial charge in [-0.15, -0.1) is 0 Å². The number of hydrogen-bond acceptors (Lipinski definition) is 6. The minimum atomic E-state index is -3.87. The molecule has 10 heteroatoms. The number of aryl methyl sites for hydroxylation is 1. The first-order valence-electron chi connectivity index (χ1n) is 10.9. The fourth-order valence-electron chi connectivity index (χ4n) is 3.40. The smallest absolute Gasteiger partial charge is 0.407 e. The van der Waals surface area contributed by atoms with Crippen LogP contribution in [0.3, 0.4) is 0 Å². The van der Waals surface area contributed by atoms with Crippen LogP contribution in [0.5, 0.6) is 0 Å². The first-order chi connectivity index (χ1) is 15.8. The van der Waals surface area contributed by atoms with E-state index in [1.807, 2.05) is 36.6 Å². The zero-order valence-corrected chi connectivity index (χ0v) is 22.4. The summed E-state index contributed by atoms with van der Waals surface area (Å²) >= 11 is 3.46. The number of fused-ring (bicyclic) bond motifs is 1. The second-order valence-electron chi connectivity index (χ2n) is 9.15. The van der Waals surface area contributed by atoms with Gasteiger partial charge in [0.15, 0.2) is 0 Å². The molecule has 34 heavy (non-hydrogen) atoms. The number of imidazole rings is 1. The van der Waals surface area contributed by atoms with E-state index >= 15 is 0 Å². The Balaban J connectivity index is 1.76. The minimum Gasteiger partial charge on any atom is -0.444 e. The monoisotopic (exact) mass is 551 g/mol. The summed E-state index contributed by atoms with van der Waals surface area (Å²) in [6.07, 6.45) is -0.0751. The van der Waals surface area contributed by atoms with Crippen LogP contribution in [0.15, 0.2) is 51.8 Å². The topological polar surface area (TPSA) is 99.5 Å². The molecule has 184 valence electrons. The van der Waals surface area contributed by atoms with Crippen LogP contribution in [0.4, 0.5) is 4.79 Å². The summed E-state index contributed by atoms with van der Waals surface area (Å²) in [7, 11) is -3.87. The molecule has 1 heterocycles. The van der Waals surface area contributed by atoms with Crippen molar-refractivity contribution in [3.8, 4) is 0 Å². The van der Waals surface area contributed by atoms with Crippen molar-refractivity contribution >= 4 is 43.2 Å². The molecule has 1 N–H and O–H groups in total. The van der Waals surface area contributed by atoms with Gasteiger partial charge in [0.2, 0.25) is 0 Å². The van der Waals surface area contributed by atoms with Crippen LogP contribution < -0.4 is 5.32 Å². The van der Waals surface area contributed by atoms with Gasteiger partial charge in [0.1, 0.15) is 11.4 Å². The fourth-order valence-corrected chi connectivity index (χ4v) is 4.65. The predicted molar refractivity (Wildman–Crippen MR) is 134 cm³/mol. The molecule has 0 spiro atoms. The largest absolute Gasteiger partial charge is 0.444 e. The average molecular weight is 552 g/mol. The second kappa shape index (κ2) is 10.5. The maximum atomic E-state index is 12.6. The third-order valence-corrected chi connectivity index (χ3v) is 6.72. The lowest BCUT2D eigenvalue weighted by atomic mass is 10.2. The van der Waals surface area contributed by atoms with Gasteiger partial charge in [-0.25, -0.2) is 9.78 Å². The lowest BCUT2D eigenvalue weighted by Gasteiger charge is -2.22. The number of hydrogen-bond donors (Lipinski definition) is 1. The summed E-state index contributed by atoms with van der Waals surface area (Å²) in [4.78, 5) is 17.0. The van der Waals surface area contributed by atoms with Crippen molar-refractivity contribution in [3.05, 3.63) is 58.3 Å². The number of nitrogens with zero attached hydrogens (tertiary/aromatic N) is 2. The maximum Gasteiger partial charge on any atom is 0.407 e. The van der Waals surface area contributed by atoms with Gasteiger partial charge in [-0.3, -0.25) is 4.18 Å². The molecule has 1 atom stereocenters. The maximum absolute atomic E-state index is 12.6. The number of aromatic nitrogens is 2. The van der Waals surface area contributed by atoms with Crippen molar-refractivity contribution in [1.82, 2.24) is 14.9 Å². The number of carbonyl (C=O) groups excluding carboxylic acids is 1. The second-order valence-corrected chi connectivity index (χ2v) is 11.7. The molecule has 0 radical (unpaired) electrons. The highest BCUT2D eigenvalue weighted by atomic mass is 79.9. The Kier molecular flexibility index (Phi) is 8.05. The number of ether oxygens (including phenoxy) is 1. The standard InChI is InChI=1S/C24H30BrN3O5S/c1-16-6-9-19(10-7-16)34(30,31)32-13-12-28-21-11-8-18(25)15-20(21)27-22(28)14-17(2)26-23(29)33-24(3,4)5/h6-11,15,17H,12-14H2,1-5H3,(H,26,29). The van der Waals surface area contributed by atoms with Gasteiger partial charge in [0, 0.05) is 23.5 Å². The van der Waals surface area contributed by atoms with E-state index in [9.17, 15) is 13.2 Å². The lowest BCUT2D eigenvalue weighted by molar-refractivity contribution is 0.0508. The predicted octanol–water partition coefficient (Wildman–Crippen LogP) is 4.97. The molecule has 0 aliphatic carbocycles. The van der Waals surface area contributed by atoms with Crippen molar-refractivity contribution in [2.24, 2.45) is 0 Å². The Morgan fingerprint density at radius 3 is 2.50 bits per heavy atom. The first-order valence-corrected chi connectivity index (χ1v) is 13.1. The minimum absolute atomic E-state index is 0.0569. The molecule has 1 amide bonds. The highest BCUT2D eigenvalue weighted by molar-refractivity contribution is 9.10. The van der Waals surface area contributed by atoms with Crippen LogP contribution in [0.2, 0.25) is 0 Å². The molecule has 0 saturated heterocycles. The Morgan fingerprint density at radius 2 is 1.85 bits per heavy atom. The van der Waals surface area contributed by atoms with Crippen LogP contribution >= 0.6 is 15.9 Å². The Labute approximate surface area is 208 Å². The molecule has 0 aliphatic heterocycles. The van der Waals surface area contributed by atoms with Gasteiger partial charge >= 0.3 is 6.09 Å². The molecule has 0 saturated carbocycles. The number of alkyl carbamates (subject to hydrolysis) is 1. The van der Waals surface area contributed by atoms with Crippen molar-refractivity contribution in [3.63, 3.8) is 0 Å². The zero-order valence-electron chi connectivity index (χ0n) is 20.0. The van der Waals surface area contributed by atoms with Crippen molar-refractivity contribution in [2.45, 2.75) is 64.1 Å². The fraction of sp³-hybridized carbons (Fsp3) is 0.417. The molecule has 2 aromatic carbocycles. The number of rotatable bonds is 8. The summed E-state index contributed by atoms with van der Waals surface area (Å²) in [5.41, 5.74) is 1.98. The van der Waals surface area contributed by atoms with Gasteiger partial charge in [0.25, 0.3) is 10.1 Å². The third-order valence-electron chi connectivity index (χ3n) is 4.90. The normalized spacial score (nSPS) is 13.1. The number of benzene rings is 2. The number of halogens is 1. The summed E-state index contributed by atoms with van der Waals surface area (Å²) < 4.78 is 38.6. The van der Waals surface area contributed by atoms with E-state index < -0.39 is 21.8 Å². The van der Waals surface area contributed by atoms with Crippen LogP contribution in [-0.4, -0.2) is 42.3 Å². The average Bonchev–Trinajstić information content (AvgIpc) is 3.02. The van der Waals surface area contributed by atoms with Crippen molar-refractivity contribution in [1.29, 1.82) is 0 Å². The van der Waals surface area contributed by atoms with Gasteiger partial charge in [-0.1, -0.05) is 33.6 Å². The Morgan fingerprint density at radius 1 is 1.18 bits per heavy atom. The molecule has 0 fully saturated rings. The first kappa shape index (κ1) is 26.2. The van der Waals surface area contributed by atoms with E-state index in [4.69, 9.17) is 13.9 Å². The Hall–Kier alpha value is -2.43. The number of nitrogens with one attached hydrogen (secondary N) is 1. The molecule has 8 nitrogen and oxygen atoms in total. The lowest BCUT2D eigenvalue weighted by Crippen LogP contribution is -2.39. The molecule has 1 unspecified atom stereocenters. The molecular weight excluding hydrogens is 522 g/mol. The summed E-state index contributed by atoms with van der Waals surface area (Å²) in [5, 5.41) is 2.82. The zero-order chi connectivity index (χ0) is 25.1. The third kappa shape index (κ3) is 7.04. The summed E-state index contributed by atoms with van der Waals surface area (Å²) in [6, 6.07) is 12.0. The van der Waals surface area contributed by atoms with Crippen LogP contribution in [0, 0.1) is 6.92 Å². The van der Waals surface area contributed by atoms with E-state index in [1.165, 1.54) is 12.1 Å². The van der Waals surface area contributed by atoms with Gasteiger partial charge < -0.3 is 14.6 Å². The highest BCUT2D eigenvalue weighted by Gasteiger charge is 2.21. The van der Waals surface area contributed by atoms with Crippen molar-refractivity contribution < 1.29 is 22.1 Å². The van der Waals surface area contributed by atoms with Crippen molar-refractivity contribution in [2.75, 3.05) is 6.61 Å². The number of amides is 1. The van der Waals surface area contributed by atoms with Gasteiger partial charge in [0.05, 0.1) is 22.5 Å². The number of carbonyl (C=O) groups is 1. The SMILES string of the molecule is Cc1ccc(S(=O)(=O)OCCn2c(CC(C)NC(=O)OC(C)(C)C)nc3cc(Br)ccc32)cc1. The highest BCUT2D eigenvalue weighted by Crippen LogP contribution is 2.22. The molecular formula is C24H30BrN3O5S. The van der Waals surface area contributed by atoms with E-state index in [0.717, 1.165) is 21.1 Å². The van der Waals surface area contributed by atoms with Gasteiger partial charge in [-0.05, 0) is 65.0 Å². The molecule has 1 aromatic heterocycles. The molecule has 0 bridgehead atoms. The molecule has 3 rings (SSSR count). The van der Waals surface area contributed by atoms with Gasteiger partial charge in [-0.2, -0.15) is 8.42 Å². The molecule has 0 aliphatic rings. The van der Waals surface area contributed by atoms with Crippen LogP contribution in [0.1, 0.15) is 39.1 Å². The summed E-state index contributed by atoms with van der Waals surface area (Å²) in [6.45, 7) is 9.38. The Bertz CT molecular complexity index is 1260. The molecule has 3 aromatic rings. The summed E-state index contributed by atoms with van der Waals surface area (Å²) in [5.74, 6) is 0.702. The van der Waals surface area contributed by atoms with Crippen LogP contribution in [0.25, 0.3) is 11.0 Å². The van der Waals surface area contributed by atoms with E-state index in [2.05, 4.69) is 21.2 Å². The van der Waals surface area contributed by atoms with Crippen LogP contribution in [-0.2, 0) is 32.0 Å².